The largest absolute Gasteiger partial charge is 0.462 e. The molecule has 31 heavy (non-hydrogen) atoms. The zero-order chi connectivity index (χ0) is 22.6. The topological polar surface area (TPSA) is 90.0 Å². The summed E-state index contributed by atoms with van der Waals surface area (Å²) >= 11 is 0. The van der Waals surface area contributed by atoms with E-state index in [0.29, 0.717) is 5.56 Å². The predicted octanol–water partition coefficient (Wildman–Crippen LogP) is 3.24. The molecule has 0 aliphatic carbocycles. The Labute approximate surface area is 180 Å². The number of esters is 2. The lowest BCUT2D eigenvalue weighted by Crippen LogP contribution is -2.67. The lowest BCUT2D eigenvalue weighted by Gasteiger charge is -2.49. The standard InChI is InChI=1S/C24H25NO6/c1-4-30-23(29)21(31-22(28)17-13-9-6-10-14-17)25-18(15-19(25)26)24(2,3)20(27)16-11-7-5-8-12-16/h5-14,18,21H,4,15H2,1-3H3. The molecule has 3 rings (SSSR count). The molecule has 1 heterocycles. The van der Waals surface area contributed by atoms with E-state index in [4.69, 9.17) is 9.47 Å². The summed E-state index contributed by atoms with van der Waals surface area (Å²) in [7, 11) is 0. The highest BCUT2D eigenvalue weighted by atomic mass is 16.6. The summed E-state index contributed by atoms with van der Waals surface area (Å²) in [6, 6.07) is 16.3. The zero-order valence-electron chi connectivity index (χ0n) is 17.7. The van der Waals surface area contributed by atoms with Crippen molar-refractivity contribution in [3.8, 4) is 0 Å². The van der Waals surface area contributed by atoms with Gasteiger partial charge in [-0.1, -0.05) is 62.4 Å². The van der Waals surface area contributed by atoms with Gasteiger partial charge < -0.3 is 9.47 Å². The Kier molecular flexibility index (Phi) is 6.53. The first-order valence-corrected chi connectivity index (χ1v) is 10.1. The normalized spacial score (nSPS) is 16.8. The summed E-state index contributed by atoms with van der Waals surface area (Å²) in [6.45, 7) is 5.10. The molecule has 2 aromatic carbocycles. The third kappa shape index (κ3) is 4.50. The Hall–Kier alpha value is -3.48. The Morgan fingerprint density at radius 1 is 1.00 bits per heavy atom. The number of likely N-dealkylation sites (tertiary alicyclic amines) is 1. The van der Waals surface area contributed by atoms with Crippen LogP contribution in [-0.2, 0) is 19.1 Å². The number of ketones is 1. The van der Waals surface area contributed by atoms with Gasteiger partial charge in [0.05, 0.1) is 18.2 Å². The number of ether oxygens (including phenoxy) is 2. The van der Waals surface area contributed by atoms with E-state index >= 15 is 0 Å². The minimum atomic E-state index is -1.57. The smallest absolute Gasteiger partial charge is 0.369 e. The number of rotatable bonds is 8. The van der Waals surface area contributed by atoms with E-state index in [1.54, 1.807) is 75.4 Å². The number of nitrogens with zero attached hydrogens (tertiary/aromatic N) is 1. The van der Waals surface area contributed by atoms with E-state index in [0.717, 1.165) is 4.90 Å². The summed E-state index contributed by atoms with van der Waals surface area (Å²) in [4.78, 5) is 52.1. The van der Waals surface area contributed by atoms with Gasteiger partial charge in [-0.15, -0.1) is 0 Å². The summed E-state index contributed by atoms with van der Waals surface area (Å²) in [6.07, 6.45) is -1.51. The second-order valence-electron chi connectivity index (χ2n) is 7.81. The van der Waals surface area contributed by atoms with Crippen molar-refractivity contribution >= 4 is 23.6 Å². The fourth-order valence-electron chi connectivity index (χ4n) is 3.62. The van der Waals surface area contributed by atoms with Gasteiger partial charge in [0.2, 0.25) is 5.91 Å². The van der Waals surface area contributed by atoms with Crippen LogP contribution in [0.1, 0.15) is 47.9 Å². The SMILES string of the molecule is CCOC(=O)C(OC(=O)c1ccccc1)N1C(=O)CC1C(C)(C)C(=O)c1ccccc1. The van der Waals surface area contributed by atoms with Crippen LogP contribution in [-0.4, -0.2) is 47.4 Å². The van der Waals surface area contributed by atoms with E-state index in [1.165, 1.54) is 0 Å². The van der Waals surface area contributed by atoms with Crippen molar-refractivity contribution in [1.82, 2.24) is 4.90 Å². The number of amides is 1. The Morgan fingerprint density at radius 2 is 1.55 bits per heavy atom. The Balaban J connectivity index is 1.88. The molecule has 0 saturated carbocycles. The quantitative estimate of drug-likeness (QED) is 0.368. The summed E-state index contributed by atoms with van der Waals surface area (Å²) in [5, 5.41) is 0. The van der Waals surface area contributed by atoms with Crippen molar-refractivity contribution in [3.63, 3.8) is 0 Å². The maximum atomic E-state index is 13.2. The first-order chi connectivity index (χ1) is 14.8. The fraction of sp³-hybridized carbons (Fsp3) is 0.333. The fourth-order valence-corrected chi connectivity index (χ4v) is 3.62. The monoisotopic (exact) mass is 423 g/mol. The average molecular weight is 423 g/mol. The molecule has 162 valence electrons. The number of hydrogen-bond acceptors (Lipinski definition) is 6. The lowest BCUT2D eigenvalue weighted by atomic mass is 9.72. The molecule has 1 aliphatic heterocycles. The molecule has 0 aromatic heterocycles. The second-order valence-corrected chi connectivity index (χ2v) is 7.81. The number of β-lactam (4-membered cyclic amide) rings is 1. The van der Waals surface area contributed by atoms with Crippen molar-refractivity contribution < 1.29 is 28.7 Å². The van der Waals surface area contributed by atoms with Crippen LogP contribution in [0.15, 0.2) is 60.7 Å². The van der Waals surface area contributed by atoms with Gasteiger partial charge >= 0.3 is 11.9 Å². The highest BCUT2D eigenvalue weighted by Gasteiger charge is 2.55. The third-order valence-electron chi connectivity index (χ3n) is 5.42. The molecule has 2 unspecified atom stereocenters. The molecule has 1 fully saturated rings. The number of benzene rings is 2. The van der Waals surface area contributed by atoms with E-state index in [-0.39, 0.29) is 24.4 Å². The predicted molar refractivity (Wildman–Crippen MR) is 112 cm³/mol. The Morgan fingerprint density at radius 3 is 2.06 bits per heavy atom. The first-order valence-electron chi connectivity index (χ1n) is 10.1. The van der Waals surface area contributed by atoms with Crippen molar-refractivity contribution in [2.24, 2.45) is 5.41 Å². The van der Waals surface area contributed by atoms with Crippen LogP contribution < -0.4 is 0 Å². The molecule has 1 aliphatic rings. The van der Waals surface area contributed by atoms with Crippen LogP contribution in [0.25, 0.3) is 0 Å². The lowest BCUT2D eigenvalue weighted by molar-refractivity contribution is -0.188. The number of carbonyl (C=O) groups excluding carboxylic acids is 4. The zero-order valence-corrected chi connectivity index (χ0v) is 17.7. The summed E-state index contributed by atoms with van der Waals surface area (Å²) in [5.41, 5.74) is -0.277. The molecule has 1 saturated heterocycles. The third-order valence-corrected chi connectivity index (χ3v) is 5.42. The summed E-state index contributed by atoms with van der Waals surface area (Å²) in [5.74, 6) is -2.18. The van der Waals surface area contributed by atoms with Gasteiger partial charge in [-0.05, 0) is 19.1 Å². The van der Waals surface area contributed by atoms with Gasteiger partial charge in [-0.2, -0.15) is 0 Å². The van der Waals surface area contributed by atoms with E-state index < -0.39 is 35.5 Å². The van der Waals surface area contributed by atoms with Gasteiger partial charge in [-0.25, -0.2) is 9.59 Å². The molecule has 0 N–H and O–H groups in total. The van der Waals surface area contributed by atoms with Crippen LogP contribution in [0.3, 0.4) is 0 Å². The second kappa shape index (κ2) is 9.12. The van der Waals surface area contributed by atoms with Crippen LogP contribution in [0.2, 0.25) is 0 Å². The maximum absolute atomic E-state index is 13.2. The molecule has 0 radical (unpaired) electrons. The van der Waals surface area contributed by atoms with Crippen molar-refractivity contribution in [1.29, 1.82) is 0 Å². The minimum Gasteiger partial charge on any atom is -0.462 e. The van der Waals surface area contributed by atoms with E-state index in [9.17, 15) is 19.2 Å². The van der Waals surface area contributed by atoms with Crippen LogP contribution in [0.4, 0.5) is 0 Å². The molecular weight excluding hydrogens is 398 g/mol. The van der Waals surface area contributed by atoms with Crippen LogP contribution in [0.5, 0.6) is 0 Å². The Bertz CT molecular complexity index is 970. The van der Waals surface area contributed by atoms with Crippen molar-refractivity contribution in [2.45, 2.75) is 39.5 Å². The molecule has 1 amide bonds. The van der Waals surface area contributed by atoms with Gasteiger partial charge in [0, 0.05) is 17.4 Å². The van der Waals surface area contributed by atoms with Crippen LogP contribution in [0, 0.1) is 5.41 Å². The van der Waals surface area contributed by atoms with Gasteiger partial charge in [0.25, 0.3) is 6.23 Å². The van der Waals surface area contributed by atoms with Gasteiger partial charge in [-0.3, -0.25) is 14.5 Å². The molecule has 0 spiro atoms. The van der Waals surface area contributed by atoms with Gasteiger partial charge in [0.15, 0.2) is 5.78 Å². The van der Waals surface area contributed by atoms with Crippen molar-refractivity contribution in [3.05, 3.63) is 71.8 Å². The summed E-state index contributed by atoms with van der Waals surface area (Å²) < 4.78 is 10.5. The number of Topliss-reactive ketones (excluding diaryl/α,β-unsaturated/α-hetero) is 1. The first kappa shape index (κ1) is 22.2. The minimum absolute atomic E-state index is 0.0528. The number of carbonyl (C=O) groups is 4. The number of hydrogen-bond donors (Lipinski definition) is 0. The molecule has 0 bridgehead atoms. The molecule has 7 heteroatoms. The molecule has 7 nitrogen and oxygen atoms in total. The molecule has 2 atom stereocenters. The van der Waals surface area contributed by atoms with Gasteiger partial charge in [0.1, 0.15) is 0 Å². The van der Waals surface area contributed by atoms with Crippen molar-refractivity contribution in [2.75, 3.05) is 6.61 Å². The molecular formula is C24H25NO6. The highest BCUT2D eigenvalue weighted by Crippen LogP contribution is 2.39. The van der Waals surface area contributed by atoms with Crippen LogP contribution >= 0.6 is 0 Å². The molecule has 2 aromatic rings. The van der Waals surface area contributed by atoms with E-state index in [2.05, 4.69) is 0 Å². The average Bonchev–Trinajstić information content (AvgIpc) is 2.77. The maximum Gasteiger partial charge on any atom is 0.369 e. The highest BCUT2D eigenvalue weighted by molar-refractivity contribution is 6.02. The van der Waals surface area contributed by atoms with E-state index in [1.807, 2.05) is 6.07 Å².